The van der Waals surface area contributed by atoms with Gasteiger partial charge in [0, 0.05) is 25.2 Å². The lowest BCUT2D eigenvalue weighted by molar-refractivity contribution is -0.0507. The Bertz CT molecular complexity index is 204. The third kappa shape index (κ3) is 3.16. The maximum Gasteiger partial charge on any atom is 0.0850 e. The smallest absolute Gasteiger partial charge is 0.0850 e. The van der Waals surface area contributed by atoms with E-state index < -0.39 is 0 Å². The first-order valence-corrected chi connectivity index (χ1v) is 6.28. The zero-order valence-corrected chi connectivity index (χ0v) is 9.98. The van der Waals surface area contributed by atoms with Crippen LogP contribution >= 0.6 is 0 Å². The number of ether oxygens (including phenoxy) is 1. The predicted molar refractivity (Wildman–Crippen MR) is 61.8 cm³/mol. The van der Waals surface area contributed by atoms with Gasteiger partial charge < -0.3 is 10.5 Å². The molecule has 2 N–H and O–H groups in total. The van der Waals surface area contributed by atoms with Crippen molar-refractivity contribution in [2.75, 3.05) is 19.7 Å². The van der Waals surface area contributed by atoms with Crippen LogP contribution in [0.25, 0.3) is 0 Å². The van der Waals surface area contributed by atoms with Gasteiger partial charge in [0.1, 0.15) is 0 Å². The second kappa shape index (κ2) is 4.81. The van der Waals surface area contributed by atoms with Gasteiger partial charge in [-0.05, 0) is 26.2 Å². The van der Waals surface area contributed by atoms with Gasteiger partial charge >= 0.3 is 0 Å². The second-order valence-corrected chi connectivity index (χ2v) is 5.29. The van der Waals surface area contributed by atoms with Gasteiger partial charge in [-0.2, -0.15) is 0 Å². The number of nitrogens with two attached hydrogens (primary N) is 1. The summed E-state index contributed by atoms with van der Waals surface area (Å²) in [6.45, 7) is 7.34. The zero-order valence-electron chi connectivity index (χ0n) is 9.98. The lowest BCUT2D eigenvalue weighted by Crippen LogP contribution is -2.52. The Labute approximate surface area is 93.0 Å². The van der Waals surface area contributed by atoms with Crippen LogP contribution in [0.15, 0.2) is 0 Å². The van der Waals surface area contributed by atoms with E-state index in [4.69, 9.17) is 10.5 Å². The molecule has 3 nitrogen and oxygen atoms in total. The molecule has 1 aliphatic carbocycles. The number of hydrogen-bond donors (Lipinski definition) is 1. The van der Waals surface area contributed by atoms with Crippen LogP contribution in [0.3, 0.4) is 0 Å². The molecule has 0 amide bonds. The molecule has 88 valence electrons. The summed E-state index contributed by atoms with van der Waals surface area (Å²) in [5, 5.41) is 0. The quantitative estimate of drug-likeness (QED) is 0.761. The molecule has 0 radical (unpaired) electrons. The van der Waals surface area contributed by atoms with Crippen LogP contribution < -0.4 is 5.73 Å². The van der Waals surface area contributed by atoms with Crippen molar-refractivity contribution in [3.63, 3.8) is 0 Å². The van der Waals surface area contributed by atoms with Crippen molar-refractivity contribution in [3.8, 4) is 0 Å². The molecule has 0 bridgehead atoms. The third-order valence-electron chi connectivity index (χ3n) is 3.71. The fourth-order valence-corrected chi connectivity index (χ4v) is 2.40. The van der Waals surface area contributed by atoms with Crippen molar-refractivity contribution in [3.05, 3.63) is 0 Å². The Hall–Kier alpha value is -0.120. The van der Waals surface area contributed by atoms with Crippen molar-refractivity contribution in [1.29, 1.82) is 0 Å². The summed E-state index contributed by atoms with van der Waals surface area (Å²) in [7, 11) is 0. The molecule has 1 saturated heterocycles. The first-order valence-electron chi connectivity index (χ1n) is 6.28. The third-order valence-corrected chi connectivity index (χ3v) is 3.71. The van der Waals surface area contributed by atoms with Gasteiger partial charge in [0.2, 0.25) is 0 Å². The van der Waals surface area contributed by atoms with E-state index in [-0.39, 0.29) is 12.1 Å². The summed E-state index contributed by atoms with van der Waals surface area (Å²) in [6.07, 6.45) is 4.50. The number of morpholine rings is 1. The molecule has 1 aliphatic heterocycles. The highest BCUT2D eigenvalue weighted by Crippen LogP contribution is 2.34. The summed E-state index contributed by atoms with van der Waals surface area (Å²) in [4.78, 5) is 2.55. The van der Waals surface area contributed by atoms with E-state index in [1.165, 1.54) is 19.3 Å². The molecule has 2 rings (SSSR count). The number of nitrogens with zero attached hydrogens (tertiary/aromatic N) is 1. The minimum absolute atomic E-state index is 0.154. The topological polar surface area (TPSA) is 38.5 Å². The van der Waals surface area contributed by atoms with Crippen molar-refractivity contribution in [1.82, 2.24) is 4.90 Å². The van der Waals surface area contributed by atoms with Gasteiger partial charge in [0.25, 0.3) is 0 Å². The molecule has 3 unspecified atom stereocenters. The fourth-order valence-electron chi connectivity index (χ4n) is 2.40. The highest BCUT2D eigenvalue weighted by molar-refractivity contribution is 4.84. The van der Waals surface area contributed by atoms with Gasteiger partial charge in [0.05, 0.1) is 12.7 Å². The molecule has 0 aromatic carbocycles. The van der Waals surface area contributed by atoms with Crippen LogP contribution in [0.2, 0.25) is 0 Å². The van der Waals surface area contributed by atoms with E-state index in [0.717, 1.165) is 25.6 Å². The van der Waals surface area contributed by atoms with E-state index >= 15 is 0 Å². The first kappa shape index (κ1) is 11.4. The molecule has 1 heterocycles. The van der Waals surface area contributed by atoms with E-state index in [2.05, 4.69) is 11.8 Å². The average molecular weight is 212 g/mol. The van der Waals surface area contributed by atoms with E-state index in [9.17, 15) is 0 Å². The summed E-state index contributed by atoms with van der Waals surface area (Å²) in [5.74, 6) is 1.01. The molecular weight excluding hydrogens is 188 g/mol. The van der Waals surface area contributed by atoms with Gasteiger partial charge in [-0.3, -0.25) is 4.90 Å². The normalized spacial score (nSPS) is 32.6. The SMILES string of the molecule is CC(N)C1CN(C(C)CC2CC2)CCO1. The lowest BCUT2D eigenvalue weighted by atomic mass is 10.1. The highest BCUT2D eigenvalue weighted by Gasteiger charge is 2.30. The van der Waals surface area contributed by atoms with Crippen molar-refractivity contribution < 1.29 is 4.74 Å². The van der Waals surface area contributed by atoms with Crippen LogP contribution in [0.1, 0.15) is 33.1 Å². The lowest BCUT2D eigenvalue weighted by Gasteiger charge is -2.38. The first-order chi connectivity index (χ1) is 7.16. The van der Waals surface area contributed by atoms with E-state index in [0.29, 0.717) is 6.04 Å². The van der Waals surface area contributed by atoms with E-state index in [1.54, 1.807) is 0 Å². The summed E-state index contributed by atoms with van der Waals surface area (Å²) >= 11 is 0. The summed E-state index contributed by atoms with van der Waals surface area (Å²) < 4.78 is 5.67. The van der Waals surface area contributed by atoms with Crippen molar-refractivity contribution >= 4 is 0 Å². The largest absolute Gasteiger partial charge is 0.374 e. The minimum atomic E-state index is 0.154. The Kier molecular flexibility index (Phi) is 3.65. The Balaban J connectivity index is 1.79. The van der Waals surface area contributed by atoms with Crippen LogP contribution in [0, 0.1) is 5.92 Å². The predicted octanol–water partition coefficient (Wildman–Crippen LogP) is 1.22. The van der Waals surface area contributed by atoms with E-state index in [1.807, 2.05) is 6.92 Å². The van der Waals surface area contributed by atoms with Gasteiger partial charge in [0.15, 0.2) is 0 Å². The van der Waals surface area contributed by atoms with Gasteiger partial charge in [-0.25, -0.2) is 0 Å². The van der Waals surface area contributed by atoms with Crippen LogP contribution in [0.5, 0.6) is 0 Å². The maximum absolute atomic E-state index is 5.89. The van der Waals surface area contributed by atoms with Gasteiger partial charge in [-0.1, -0.05) is 12.8 Å². The highest BCUT2D eigenvalue weighted by atomic mass is 16.5. The summed E-state index contributed by atoms with van der Waals surface area (Å²) in [6, 6.07) is 0.864. The number of hydrogen-bond acceptors (Lipinski definition) is 3. The zero-order chi connectivity index (χ0) is 10.8. The van der Waals surface area contributed by atoms with Crippen molar-refractivity contribution in [2.45, 2.75) is 51.3 Å². The number of rotatable bonds is 4. The average Bonchev–Trinajstić information content (AvgIpc) is 3.02. The van der Waals surface area contributed by atoms with Crippen LogP contribution in [0.4, 0.5) is 0 Å². The molecule has 2 fully saturated rings. The molecular formula is C12H24N2O. The molecule has 1 saturated carbocycles. The minimum Gasteiger partial charge on any atom is -0.374 e. The maximum atomic E-state index is 5.89. The summed E-state index contributed by atoms with van der Waals surface area (Å²) in [5.41, 5.74) is 5.89. The molecule has 0 aromatic heterocycles. The monoisotopic (exact) mass is 212 g/mol. The molecule has 0 aromatic rings. The van der Waals surface area contributed by atoms with Crippen LogP contribution in [-0.2, 0) is 4.74 Å². The Morgan fingerprint density at radius 2 is 2.13 bits per heavy atom. The molecule has 0 spiro atoms. The molecule has 3 atom stereocenters. The molecule has 2 aliphatic rings. The van der Waals surface area contributed by atoms with Crippen molar-refractivity contribution in [2.24, 2.45) is 11.7 Å². The molecule has 3 heteroatoms. The Morgan fingerprint density at radius 1 is 1.40 bits per heavy atom. The molecule has 15 heavy (non-hydrogen) atoms. The Morgan fingerprint density at radius 3 is 2.73 bits per heavy atom. The fraction of sp³-hybridized carbons (Fsp3) is 1.00. The van der Waals surface area contributed by atoms with Gasteiger partial charge in [-0.15, -0.1) is 0 Å². The van der Waals surface area contributed by atoms with Crippen LogP contribution in [-0.4, -0.2) is 42.8 Å². The standard InChI is InChI=1S/C12H24N2O/c1-9(7-11-3-4-11)14-5-6-15-12(8-14)10(2)13/h9-12H,3-8,13H2,1-2H3. The second-order valence-electron chi connectivity index (χ2n) is 5.29.